The van der Waals surface area contributed by atoms with Gasteiger partial charge in [0.1, 0.15) is 34.8 Å². The summed E-state index contributed by atoms with van der Waals surface area (Å²) in [6.07, 6.45) is -1.09. The fourth-order valence-electron chi connectivity index (χ4n) is 3.63. The fourth-order valence-corrected chi connectivity index (χ4v) is 3.81. The molecule has 3 aromatic carbocycles. The molecule has 4 rings (SSSR count). The summed E-state index contributed by atoms with van der Waals surface area (Å²) in [5.74, 6) is 0.382. The van der Waals surface area contributed by atoms with E-state index in [0.29, 0.717) is 33.4 Å². The molecule has 5 nitrogen and oxygen atoms in total. The van der Waals surface area contributed by atoms with Gasteiger partial charge in [-0.25, -0.2) is 0 Å². The van der Waals surface area contributed by atoms with Gasteiger partial charge in [0.25, 0.3) is 0 Å². The van der Waals surface area contributed by atoms with Crippen molar-refractivity contribution in [1.29, 1.82) is 5.26 Å². The van der Waals surface area contributed by atoms with Crippen molar-refractivity contribution < 1.29 is 18.7 Å². The molecule has 33 heavy (non-hydrogen) atoms. The fraction of sp³-hybridized carbons (Fsp3) is 0.185. The number of halogens is 1. The smallest absolute Gasteiger partial charge is 0.318 e. The van der Waals surface area contributed by atoms with Gasteiger partial charge in [-0.2, -0.15) is 5.26 Å². The van der Waals surface area contributed by atoms with Crippen LogP contribution in [0.15, 0.2) is 83.3 Å². The molecule has 0 radical (unpaired) electrons. The third kappa shape index (κ3) is 5.19. The minimum Gasteiger partial charge on any atom is -0.460 e. The number of nitrogens with zero attached hydrogens (tertiary/aromatic N) is 1. The van der Waals surface area contributed by atoms with Gasteiger partial charge in [0, 0.05) is 16.0 Å². The van der Waals surface area contributed by atoms with Gasteiger partial charge in [-0.3, -0.25) is 4.79 Å². The van der Waals surface area contributed by atoms with Crippen LogP contribution >= 0.6 is 11.6 Å². The lowest BCUT2D eigenvalue weighted by Gasteiger charge is -2.20. The molecule has 166 valence electrons. The van der Waals surface area contributed by atoms with Crippen LogP contribution < -0.4 is 4.74 Å². The second kappa shape index (κ2) is 9.81. The molecule has 0 spiro atoms. The number of hydrogen-bond donors (Lipinski definition) is 0. The van der Waals surface area contributed by atoms with E-state index in [1.165, 1.54) is 0 Å². The molecule has 1 heterocycles. The summed E-state index contributed by atoms with van der Waals surface area (Å²) in [6, 6.07) is 25.4. The average molecular weight is 460 g/mol. The highest BCUT2D eigenvalue weighted by molar-refractivity contribution is 6.31. The zero-order valence-corrected chi connectivity index (χ0v) is 19.0. The maximum Gasteiger partial charge on any atom is 0.318 e. The van der Waals surface area contributed by atoms with Crippen LogP contribution in [0.3, 0.4) is 0 Å². The second-order valence-electron chi connectivity index (χ2n) is 7.99. The van der Waals surface area contributed by atoms with Crippen LogP contribution in [0.4, 0.5) is 0 Å². The van der Waals surface area contributed by atoms with Crippen LogP contribution in [0.2, 0.25) is 5.02 Å². The third-order valence-electron chi connectivity index (χ3n) is 5.22. The molecule has 0 amide bonds. The molecule has 0 fully saturated rings. The molecule has 2 atom stereocenters. The van der Waals surface area contributed by atoms with E-state index in [1.807, 2.05) is 44.2 Å². The predicted octanol–water partition coefficient (Wildman–Crippen LogP) is 7.43. The van der Waals surface area contributed by atoms with Crippen LogP contribution in [0.25, 0.3) is 11.0 Å². The standard InChI is InChI=1S/C27H22ClNO4/c1-17(2)26(24-15-19-13-20(28)11-12-23(19)32-24)27(30)33-25(16-29)18-7-6-10-22(14-18)31-21-8-4-3-5-9-21/h3-15,17,25-26H,1-2H3. The molecule has 4 aromatic rings. The number of rotatable bonds is 7. The first-order chi connectivity index (χ1) is 15.9. The van der Waals surface area contributed by atoms with E-state index in [2.05, 4.69) is 6.07 Å². The Labute approximate surface area is 197 Å². The van der Waals surface area contributed by atoms with E-state index >= 15 is 0 Å². The van der Waals surface area contributed by atoms with E-state index in [-0.39, 0.29) is 5.92 Å². The van der Waals surface area contributed by atoms with Crippen molar-refractivity contribution in [3.8, 4) is 17.6 Å². The Balaban J connectivity index is 1.55. The predicted molar refractivity (Wildman–Crippen MR) is 126 cm³/mol. The van der Waals surface area contributed by atoms with Gasteiger partial charge in [-0.05, 0) is 54.4 Å². The minimum absolute atomic E-state index is 0.111. The van der Waals surface area contributed by atoms with Crippen molar-refractivity contribution in [3.05, 3.63) is 95.2 Å². The SMILES string of the molecule is CC(C)C(C(=O)OC(C#N)c1cccc(Oc2ccccc2)c1)c1cc2cc(Cl)ccc2o1. The van der Waals surface area contributed by atoms with Crippen LogP contribution in [-0.4, -0.2) is 5.97 Å². The van der Waals surface area contributed by atoms with Crippen molar-refractivity contribution in [2.45, 2.75) is 25.9 Å². The molecular formula is C27H22ClNO4. The Kier molecular flexibility index (Phi) is 6.67. The first-order valence-corrected chi connectivity index (χ1v) is 10.9. The molecule has 0 aliphatic carbocycles. The molecule has 0 saturated carbocycles. The van der Waals surface area contributed by atoms with Crippen LogP contribution in [0, 0.1) is 17.2 Å². The number of benzene rings is 3. The quantitative estimate of drug-likeness (QED) is 0.269. The summed E-state index contributed by atoms with van der Waals surface area (Å²) >= 11 is 6.07. The molecular weight excluding hydrogens is 438 g/mol. The Morgan fingerprint density at radius 2 is 1.73 bits per heavy atom. The molecule has 0 N–H and O–H groups in total. The number of ether oxygens (including phenoxy) is 2. The molecule has 0 aliphatic heterocycles. The molecule has 0 aliphatic rings. The highest BCUT2D eigenvalue weighted by atomic mass is 35.5. The number of hydrogen-bond acceptors (Lipinski definition) is 5. The number of nitriles is 1. The molecule has 0 bridgehead atoms. The lowest BCUT2D eigenvalue weighted by molar-refractivity contribution is -0.150. The first-order valence-electron chi connectivity index (χ1n) is 10.6. The second-order valence-corrected chi connectivity index (χ2v) is 8.42. The van der Waals surface area contributed by atoms with Gasteiger partial charge in [-0.15, -0.1) is 0 Å². The highest BCUT2D eigenvalue weighted by Gasteiger charge is 2.31. The summed E-state index contributed by atoms with van der Waals surface area (Å²) < 4.78 is 17.4. The van der Waals surface area contributed by atoms with Gasteiger partial charge >= 0.3 is 5.97 Å². The first kappa shape index (κ1) is 22.4. The monoisotopic (exact) mass is 459 g/mol. The number of esters is 1. The Morgan fingerprint density at radius 1 is 0.970 bits per heavy atom. The maximum absolute atomic E-state index is 13.2. The topological polar surface area (TPSA) is 72.5 Å². The average Bonchev–Trinajstić information content (AvgIpc) is 3.20. The number of carbonyl (C=O) groups is 1. The van der Waals surface area contributed by atoms with Crippen molar-refractivity contribution in [3.63, 3.8) is 0 Å². The third-order valence-corrected chi connectivity index (χ3v) is 5.45. The van der Waals surface area contributed by atoms with Gasteiger partial charge in [-0.1, -0.05) is 55.8 Å². The minimum atomic E-state index is -1.09. The Bertz CT molecular complexity index is 1310. The van der Waals surface area contributed by atoms with E-state index in [0.717, 1.165) is 5.39 Å². The zero-order valence-electron chi connectivity index (χ0n) is 18.2. The lowest BCUT2D eigenvalue weighted by Crippen LogP contribution is -2.22. The van der Waals surface area contributed by atoms with E-state index in [4.69, 9.17) is 25.5 Å². The highest BCUT2D eigenvalue weighted by Crippen LogP contribution is 2.34. The number of fused-ring (bicyclic) bond motifs is 1. The molecule has 6 heteroatoms. The summed E-state index contributed by atoms with van der Waals surface area (Å²) in [5.41, 5.74) is 1.16. The van der Waals surface area contributed by atoms with Crippen LogP contribution in [0.1, 0.15) is 37.2 Å². The normalized spacial score (nSPS) is 12.8. The molecule has 1 aromatic heterocycles. The largest absolute Gasteiger partial charge is 0.460 e. The molecule has 2 unspecified atom stereocenters. The van der Waals surface area contributed by atoms with Crippen LogP contribution in [-0.2, 0) is 9.53 Å². The van der Waals surface area contributed by atoms with E-state index in [1.54, 1.807) is 48.5 Å². The summed E-state index contributed by atoms with van der Waals surface area (Å²) in [7, 11) is 0. The lowest BCUT2D eigenvalue weighted by atomic mass is 9.93. The van der Waals surface area contributed by atoms with Gasteiger partial charge in [0.05, 0.1) is 0 Å². The van der Waals surface area contributed by atoms with Gasteiger partial charge < -0.3 is 13.9 Å². The number of furan rings is 1. The molecule has 0 saturated heterocycles. The number of para-hydroxylation sites is 1. The van der Waals surface area contributed by atoms with Crippen LogP contribution in [0.5, 0.6) is 11.5 Å². The number of carbonyl (C=O) groups excluding carboxylic acids is 1. The van der Waals surface area contributed by atoms with E-state index in [9.17, 15) is 10.1 Å². The van der Waals surface area contributed by atoms with Crippen molar-refractivity contribution in [1.82, 2.24) is 0 Å². The van der Waals surface area contributed by atoms with Gasteiger partial charge in [0.15, 0.2) is 0 Å². The van der Waals surface area contributed by atoms with Crippen molar-refractivity contribution >= 4 is 28.5 Å². The van der Waals surface area contributed by atoms with E-state index < -0.39 is 18.0 Å². The zero-order chi connectivity index (χ0) is 23.4. The summed E-state index contributed by atoms with van der Waals surface area (Å²) in [6.45, 7) is 3.81. The van der Waals surface area contributed by atoms with Crippen molar-refractivity contribution in [2.75, 3.05) is 0 Å². The summed E-state index contributed by atoms with van der Waals surface area (Å²) in [5, 5.41) is 11.1. The Morgan fingerprint density at radius 3 is 2.45 bits per heavy atom. The maximum atomic E-state index is 13.2. The van der Waals surface area contributed by atoms with Gasteiger partial charge in [0.2, 0.25) is 6.10 Å². The Hall–Kier alpha value is -3.75. The van der Waals surface area contributed by atoms with Crippen molar-refractivity contribution in [2.24, 2.45) is 5.92 Å². The summed E-state index contributed by atoms with van der Waals surface area (Å²) in [4.78, 5) is 13.2.